The number of nitrogens with zero attached hydrogens (tertiary/aromatic N) is 1. The maximum absolute atomic E-state index is 11.4. The zero-order chi connectivity index (χ0) is 11.4. The lowest BCUT2D eigenvalue weighted by Crippen LogP contribution is -2.14. The van der Waals surface area contributed by atoms with Crippen LogP contribution in [0.15, 0.2) is 10.9 Å². The van der Waals surface area contributed by atoms with Crippen LogP contribution in [0.5, 0.6) is 0 Å². The quantitative estimate of drug-likeness (QED) is 0.743. The third kappa shape index (κ3) is 3.27. The van der Waals surface area contributed by atoms with E-state index in [0.29, 0.717) is 11.7 Å². The fraction of sp³-hybridized carbons (Fsp3) is 0.636. The Labute approximate surface area is 99.3 Å². The highest BCUT2D eigenvalue weighted by molar-refractivity contribution is 7.98. The van der Waals surface area contributed by atoms with E-state index < -0.39 is 0 Å². The summed E-state index contributed by atoms with van der Waals surface area (Å²) in [5.74, 6) is 3.18. The molecule has 4 nitrogen and oxygen atoms in total. The maximum atomic E-state index is 11.4. The summed E-state index contributed by atoms with van der Waals surface area (Å²) < 4.78 is 0. The average Bonchev–Trinajstić information content (AvgIpc) is 3.07. The van der Waals surface area contributed by atoms with E-state index in [-0.39, 0.29) is 5.56 Å². The normalized spacial score (nSPS) is 15.1. The molecule has 1 aliphatic carbocycles. The third-order valence-electron chi connectivity index (χ3n) is 2.56. The average molecular weight is 239 g/mol. The Morgan fingerprint density at radius 2 is 2.44 bits per heavy atom. The fourth-order valence-corrected chi connectivity index (χ4v) is 1.98. The van der Waals surface area contributed by atoms with Gasteiger partial charge < -0.3 is 10.3 Å². The number of hydrogen-bond donors (Lipinski definition) is 2. The van der Waals surface area contributed by atoms with Gasteiger partial charge in [0.1, 0.15) is 11.6 Å². The highest BCUT2D eigenvalue weighted by Gasteiger charge is 2.26. The van der Waals surface area contributed by atoms with Gasteiger partial charge in [0.15, 0.2) is 0 Å². The number of H-pyrrole nitrogens is 1. The molecule has 0 spiro atoms. The van der Waals surface area contributed by atoms with Crippen molar-refractivity contribution in [2.24, 2.45) is 0 Å². The van der Waals surface area contributed by atoms with Crippen LogP contribution in [-0.2, 0) is 0 Å². The monoisotopic (exact) mass is 239 g/mol. The number of rotatable bonds is 6. The Morgan fingerprint density at radius 3 is 3.12 bits per heavy atom. The molecule has 1 saturated carbocycles. The SMILES string of the molecule is CSCCCNc1cc(=O)[nH]c(C2CC2)n1. The van der Waals surface area contributed by atoms with Crippen molar-refractivity contribution in [3.8, 4) is 0 Å². The van der Waals surface area contributed by atoms with Gasteiger partial charge in [0.2, 0.25) is 0 Å². The minimum absolute atomic E-state index is 0.0516. The molecule has 1 aliphatic rings. The third-order valence-corrected chi connectivity index (χ3v) is 3.25. The van der Waals surface area contributed by atoms with E-state index in [9.17, 15) is 4.79 Å². The van der Waals surface area contributed by atoms with Gasteiger partial charge in [0.25, 0.3) is 5.56 Å². The highest BCUT2D eigenvalue weighted by Crippen LogP contribution is 2.37. The largest absolute Gasteiger partial charge is 0.370 e. The molecule has 88 valence electrons. The van der Waals surface area contributed by atoms with E-state index in [2.05, 4.69) is 21.5 Å². The van der Waals surface area contributed by atoms with E-state index in [1.807, 2.05) is 11.8 Å². The second-order valence-electron chi connectivity index (χ2n) is 4.06. The molecule has 0 aromatic carbocycles. The maximum Gasteiger partial charge on any atom is 0.252 e. The standard InChI is InChI=1S/C11H17N3OS/c1-16-6-2-5-12-9-7-10(15)14-11(13-9)8-3-4-8/h7-8H,2-6H2,1H3,(H2,12,13,14,15). The highest BCUT2D eigenvalue weighted by atomic mass is 32.2. The number of hydrogen-bond acceptors (Lipinski definition) is 4. The Balaban J connectivity index is 1.94. The minimum atomic E-state index is -0.0516. The summed E-state index contributed by atoms with van der Waals surface area (Å²) in [5, 5.41) is 3.20. The van der Waals surface area contributed by atoms with Crippen LogP contribution < -0.4 is 10.9 Å². The Hall–Kier alpha value is -0.970. The second kappa shape index (κ2) is 5.39. The van der Waals surface area contributed by atoms with Gasteiger partial charge in [0, 0.05) is 18.5 Å². The van der Waals surface area contributed by atoms with Crippen LogP contribution in [0.2, 0.25) is 0 Å². The van der Waals surface area contributed by atoms with Gasteiger partial charge in [-0.15, -0.1) is 0 Å². The zero-order valence-electron chi connectivity index (χ0n) is 9.45. The molecule has 0 bridgehead atoms. The van der Waals surface area contributed by atoms with Crippen molar-refractivity contribution in [1.29, 1.82) is 0 Å². The molecule has 0 aliphatic heterocycles. The molecule has 0 atom stereocenters. The van der Waals surface area contributed by atoms with E-state index >= 15 is 0 Å². The Bertz CT molecular complexity index is 400. The molecule has 2 N–H and O–H groups in total. The fourth-order valence-electron chi connectivity index (χ4n) is 1.55. The number of aromatic nitrogens is 2. The molecule has 16 heavy (non-hydrogen) atoms. The lowest BCUT2D eigenvalue weighted by Gasteiger charge is -2.06. The van der Waals surface area contributed by atoms with Crippen LogP contribution in [0.1, 0.15) is 31.0 Å². The number of thioether (sulfide) groups is 1. The molecule has 2 rings (SSSR count). The van der Waals surface area contributed by atoms with Gasteiger partial charge in [-0.25, -0.2) is 4.98 Å². The smallest absolute Gasteiger partial charge is 0.252 e. The Morgan fingerprint density at radius 1 is 1.62 bits per heavy atom. The van der Waals surface area contributed by atoms with Crippen molar-refractivity contribution in [1.82, 2.24) is 9.97 Å². The summed E-state index contributed by atoms with van der Waals surface area (Å²) in [6.07, 6.45) is 5.49. The molecular formula is C11H17N3OS. The van der Waals surface area contributed by atoms with E-state index in [4.69, 9.17) is 0 Å². The predicted molar refractivity (Wildman–Crippen MR) is 68.3 cm³/mol. The molecule has 1 aromatic rings. The second-order valence-corrected chi connectivity index (χ2v) is 5.05. The van der Waals surface area contributed by atoms with Crippen LogP contribution in [0.25, 0.3) is 0 Å². The van der Waals surface area contributed by atoms with Crippen LogP contribution in [0.3, 0.4) is 0 Å². The lowest BCUT2D eigenvalue weighted by atomic mass is 10.4. The van der Waals surface area contributed by atoms with Gasteiger partial charge in [-0.05, 0) is 31.3 Å². The van der Waals surface area contributed by atoms with E-state index in [0.717, 1.165) is 37.4 Å². The van der Waals surface area contributed by atoms with Crippen LogP contribution in [0.4, 0.5) is 5.82 Å². The molecule has 1 heterocycles. The molecule has 5 heteroatoms. The molecular weight excluding hydrogens is 222 g/mol. The first kappa shape index (κ1) is 11.5. The van der Waals surface area contributed by atoms with Crippen molar-refractivity contribution in [3.05, 3.63) is 22.2 Å². The zero-order valence-corrected chi connectivity index (χ0v) is 10.3. The first-order chi connectivity index (χ1) is 7.79. The van der Waals surface area contributed by atoms with Crippen LogP contribution in [-0.4, -0.2) is 28.5 Å². The van der Waals surface area contributed by atoms with Gasteiger partial charge >= 0.3 is 0 Å². The number of nitrogens with one attached hydrogen (secondary N) is 2. The Kier molecular flexibility index (Phi) is 3.88. The van der Waals surface area contributed by atoms with E-state index in [1.54, 1.807) is 0 Å². The van der Waals surface area contributed by atoms with Crippen molar-refractivity contribution in [3.63, 3.8) is 0 Å². The van der Waals surface area contributed by atoms with Crippen LogP contribution in [0, 0.1) is 0 Å². The summed E-state index contributed by atoms with van der Waals surface area (Å²) in [4.78, 5) is 18.6. The van der Waals surface area contributed by atoms with Crippen molar-refractivity contribution in [2.75, 3.05) is 23.9 Å². The molecule has 1 fully saturated rings. The summed E-state index contributed by atoms with van der Waals surface area (Å²) >= 11 is 1.83. The van der Waals surface area contributed by atoms with Crippen molar-refractivity contribution < 1.29 is 0 Å². The summed E-state index contributed by atoms with van der Waals surface area (Å²) in [7, 11) is 0. The van der Waals surface area contributed by atoms with Crippen LogP contribution >= 0.6 is 11.8 Å². The predicted octanol–water partition coefficient (Wildman–Crippen LogP) is 1.81. The molecule has 1 aromatic heterocycles. The van der Waals surface area contributed by atoms with Gasteiger partial charge in [-0.2, -0.15) is 11.8 Å². The summed E-state index contributed by atoms with van der Waals surface area (Å²) in [6, 6.07) is 1.53. The van der Waals surface area contributed by atoms with E-state index in [1.165, 1.54) is 6.07 Å². The first-order valence-electron chi connectivity index (χ1n) is 5.63. The van der Waals surface area contributed by atoms with Gasteiger partial charge in [0.05, 0.1) is 0 Å². The molecule has 0 radical (unpaired) electrons. The van der Waals surface area contributed by atoms with Gasteiger partial charge in [-0.3, -0.25) is 4.79 Å². The molecule has 0 amide bonds. The molecule has 0 unspecified atom stereocenters. The minimum Gasteiger partial charge on any atom is -0.370 e. The van der Waals surface area contributed by atoms with Gasteiger partial charge in [-0.1, -0.05) is 0 Å². The lowest BCUT2D eigenvalue weighted by molar-refractivity contribution is 0.896. The van der Waals surface area contributed by atoms with Crippen molar-refractivity contribution in [2.45, 2.75) is 25.2 Å². The summed E-state index contributed by atoms with van der Waals surface area (Å²) in [5.41, 5.74) is -0.0516. The number of anilines is 1. The first-order valence-corrected chi connectivity index (χ1v) is 7.03. The molecule has 0 saturated heterocycles. The topological polar surface area (TPSA) is 57.8 Å². The summed E-state index contributed by atoms with van der Waals surface area (Å²) in [6.45, 7) is 0.876. The number of aromatic amines is 1. The van der Waals surface area contributed by atoms with Crippen molar-refractivity contribution >= 4 is 17.6 Å².